The Morgan fingerprint density at radius 1 is 0.857 bits per heavy atom. The summed E-state index contributed by atoms with van der Waals surface area (Å²) in [5, 5.41) is 4.52. The Bertz CT molecular complexity index is 613. The van der Waals surface area contributed by atoms with E-state index in [9.17, 15) is 0 Å². The zero-order chi connectivity index (χ0) is 14.7. The van der Waals surface area contributed by atoms with Gasteiger partial charge >= 0.3 is 128 Å². The number of rotatable bonds is 3. The van der Waals surface area contributed by atoms with Gasteiger partial charge in [0.2, 0.25) is 0 Å². The molecule has 0 aliphatic heterocycles. The van der Waals surface area contributed by atoms with Crippen LogP contribution in [0.5, 0.6) is 0 Å². The number of benzene rings is 2. The average molecular weight is 294 g/mol. The molecule has 0 radical (unpaired) electrons. The van der Waals surface area contributed by atoms with E-state index < -0.39 is 7.26 Å². The van der Waals surface area contributed by atoms with E-state index in [-0.39, 0.29) is 0 Å². The fourth-order valence-corrected chi connectivity index (χ4v) is 6.82. The van der Waals surface area contributed by atoms with Crippen LogP contribution in [-0.4, -0.2) is 6.66 Å². The van der Waals surface area contributed by atoms with E-state index in [0.29, 0.717) is 5.92 Å². The van der Waals surface area contributed by atoms with Gasteiger partial charge in [-0.05, 0) is 0 Å². The summed E-state index contributed by atoms with van der Waals surface area (Å²) < 4.78 is 0. The Kier molecular flexibility index (Phi) is 4.08. The van der Waals surface area contributed by atoms with Crippen molar-refractivity contribution in [3.63, 3.8) is 0 Å². The SMILES string of the molecule is CC1C=CC([PH](C)(c2ccccc2)c2ccccc2)=CC1. The van der Waals surface area contributed by atoms with Gasteiger partial charge in [-0.2, -0.15) is 0 Å². The summed E-state index contributed by atoms with van der Waals surface area (Å²) in [5.41, 5.74) is 0. The second-order valence-electron chi connectivity index (χ2n) is 6.09. The molecular weight excluding hydrogens is 271 g/mol. The van der Waals surface area contributed by atoms with Crippen LogP contribution in [0, 0.1) is 5.92 Å². The molecule has 0 fully saturated rings. The van der Waals surface area contributed by atoms with Crippen molar-refractivity contribution in [3.05, 3.63) is 84.2 Å². The van der Waals surface area contributed by atoms with Gasteiger partial charge in [0.15, 0.2) is 0 Å². The topological polar surface area (TPSA) is 0 Å². The minimum absolute atomic E-state index is 0.665. The predicted octanol–water partition coefficient (Wildman–Crippen LogP) is 4.50. The number of allylic oxidation sites excluding steroid dienone is 4. The maximum absolute atomic E-state index is 2.48. The molecule has 0 spiro atoms. The summed E-state index contributed by atoms with van der Waals surface area (Å²) in [6.45, 7) is 4.76. The first-order valence-electron chi connectivity index (χ1n) is 7.71. The third-order valence-electron chi connectivity index (χ3n) is 4.59. The van der Waals surface area contributed by atoms with Crippen LogP contribution in [0.2, 0.25) is 0 Å². The first-order valence-corrected chi connectivity index (χ1v) is 10.2. The molecule has 21 heavy (non-hydrogen) atoms. The summed E-state index contributed by atoms with van der Waals surface area (Å²) in [6.07, 6.45) is 8.37. The molecule has 1 aliphatic carbocycles. The van der Waals surface area contributed by atoms with Gasteiger partial charge in [0.25, 0.3) is 0 Å². The van der Waals surface area contributed by atoms with Crippen LogP contribution in [0.4, 0.5) is 0 Å². The van der Waals surface area contributed by atoms with Crippen molar-refractivity contribution < 1.29 is 0 Å². The van der Waals surface area contributed by atoms with Gasteiger partial charge in [0.1, 0.15) is 0 Å². The molecule has 2 aromatic rings. The zero-order valence-electron chi connectivity index (χ0n) is 12.8. The summed E-state index contributed by atoms with van der Waals surface area (Å²) in [4.78, 5) is 0. The molecule has 0 saturated heterocycles. The van der Waals surface area contributed by atoms with E-state index in [4.69, 9.17) is 0 Å². The van der Waals surface area contributed by atoms with Crippen molar-refractivity contribution in [2.24, 2.45) is 5.92 Å². The second-order valence-corrected chi connectivity index (χ2v) is 10.1. The van der Waals surface area contributed by atoms with E-state index in [1.807, 2.05) is 0 Å². The molecule has 1 unspecified atom stereocenters. The Hall–Kier alpha value is -1.65. The van der Waals surface area contributed by atoms with Crippen LogP contribution in [0.15, 0.2) is 84.2 Å². The molecule has 3 rings (SSSR count). The van der Waals surface area contributed by atoms with Gasteiger partial charge in [0, 0.05) is 0 Å². The fraction of sp³-hybridized carbons (Fsp3) is 0.200. The molecule has 1 atom stereocenters. The van der Waals surface area contributed by atoms with Gasteiger partial charge in [-0.1, -0.05) is 0 Å². The molecule has 108 valence electrons. The van der Waals surface area contributed by atoms with Crippen molar-refractivity contribution in [1.82, 2.24) is 0 Å². The Morgan fingerprint density at radius 3 is 1.81 bits per heavy atom. The number of hydrogen-bond donors (Lipinski definition) is 0. The van der Waals surface area contributed by atoms with Crippen LogP contribution in [0.25, 0.3) is 0 Å². The monoisotopic (exact) mass is 294 g/mol. The number of hydrogen-bond acceptors (Lipinski definition) is 0. The van der Waals surface area contributed by atoms with E-state index in [2.05, 4.69) is 92.5 Å². The summed E-state index contributed by atoms with van der Waals surface area (Å²) in [6, 6.07) is 22.1. The van der Waals surface area contributed by atoms with Crippen LogP contribution in [0.1, 0.15) is 13.3 Å². The third-order valence-corrected chi connectivity index (χ3v) is 9.10. The molecule has 0 bridgehead atoms. The van der Waals surface area contributed by atoms with Gasteiger partial charge in [-0.25, -0.2) is 0 Å². The second kappa shape index (κ2) is 6.00. The molecule has 0 N–H and O–H groups in total. The Balaban J connectivity index is 2.15. The quantitative estimate of drug-likeness (QED) is 0.731. The molecule has 0 amide bonds. The normalized spacial score (nSPS) is 19.1. The van der Waals surface area contributed by atoms with Crippen LogP contribution >= 0.6 is 7.26 Å². The van der Waals surface area contributed by atoms with E-state index in [1.54, 1.807) is 0 Å². The molecule has 0 nitrogen and oxygen atoms in total. The molecule has 1 heteroatoms. The van der Waals surface area contributed by atoms with Crippen LogP contribution in [-0.2, 0) is 0 Å². The molecule has 0 saturated carbocycles. The summed E-state index contributed by atoms with van der Waals surface area (Å²) in [5.74, 6) is 0.665. The fourth-order valence-electron chi connectivity index (χ4n) is 3.14. The molecule has 0 aromatic heterocycles. The van der Waals surface area contributed by atoms with Gasteiger partial charge in [-0.15, -0.1) is 0 Å². The van der Waals surface area contributed by atoms with E-state index >= 15 is 0 Å². The maximum atomic E-state index is 2.48. The van der Waals surface area contributed by atoms with Crippen LogP contribution < -0.4 is 10.6 Å². The zero-order valence-corrected chi connectivity index (χ0v) is 13.8. The van der Waals surface area contributed by atoms with Gasteiger partial charge in [0.05, 0.1) is 0 Å². The summed E-state index contributed by atoms with van der Waals surface area (Å²) in [7, 11) is -1.86. The Morgan fingerprint density at radius 2 is 1.38 bits per heavy atom. The molecule has 0 heterocycles. The van der Waals surface area contributed by atoms with Crippen molar-refractivity contribution in [2.45, 2.75) is 13.3 Å². The Labute approximate surface area is 128 Å². The van der Waals surface area contributed by atoms with Crippen molar-refractivity contribution in [3.8, 4) is 0 Å². The van der Waals surface area contributed by atoms with E-state index in [1.165, 1.54) is 15.9 Å². The first-order chi connectivity index (χ1) is 10.2. The standard InChI is InChI=1S/C20H23P/c1-17-13-15-20(16-14-17)21(2,18-9-5-3-6-10-18)19-11-7-4-8-12-19/h3-13,15-17,21H,14H2,1-2H3. The first kappa shape index (κ1) is 14.3. The average Bonchev–Trinajstić information content (AvgIpc) is 2.56. The minimum atomic E-state index is -1.86. The third kappa shape index (κ3) is 2.74. The van der Waals surface area contributed by atoms with Crippen LogP contribution in [0.3, 0.4) is 0 Å². The van der Waals surface area contributed by atoms with E-state index in [0.717, 1.165) is 6.42 Å². The van der Waals surface area contributed by atoms with Crippen molar-refractivity contribution >= 4 is 17.9 Å². The molecule has 1 aliphatic rings. The van der Waals surface area contributed by atoms with Crippen molar-refractivity contribution in [1.29, 1.82) is 0 Å². The molecular formula is C20H23P. The van der Waals surface area contributed by atoms with Crippen molar-refractivity contribution in [2.75, 3.05) is 6.66 Å². The molecule has 2 aromatic carbocycles. The van der Waals surface area contributed by atoms with Gasteiger partial charge < -0.3 is 0 Å². The van der Waals surface area contributed by atoms with Gasteiger partial charge in [-0.3, -0.25) is 0 Å². The predicted molar refractivity (Wildman–Crippen MR) is 97.4 cm³/mol. The summed E-state index contributed by atoms with van der Waals surface area (Å²) >= 11 is 0.